The van der Waals surface area contributed by atoms with E-state index in [1.807, 2.05) is 13.8 Å². The highest BCUT2D eigenvalue weighted by atomic mass is 16.5. The zero-order chi connectivity index (χ0) is 15.0. The average Bonchev–Trinajstić information content (AvgIpc) is 2.39. The van der Waals surface area contributed by atoms with Crippen molar-refractivity contribution in [2.24, 2.45) is 0 Å². The molecule has 0 aliphatic carbocycles. The van der Waals surface area contributed by atoms with Crippen molar-refractivity contribution in [3.8, 4) is 5.75 Å². The lowest BCUT2D eigenvalue weighted by Gasteiger charge is -2.16. The van der Waals surface area contributed by atoms with Crippen molar-refractivity contribution in [3.63, 3.8) is 0 Å². The maximum atomic E-state index is 11.3. The highest BCUT2D eigenvalue weighted by Crippen LogP contribution is 2.19. The number of benzene rings is 1. The quantitative estimate of drug-likeness (QED) is 0.586. The number of esters is 1. The number of ether oxygens (including phenoxy) is 3. The van der Waals surface area contributed by atoms with Crippen LogP contribution in [0.2, 0.25) is 0 Å². The molecule has 0 spiro atoms. The Morgan fingerprint density at radius 1 is 1.25 bits per heavy atom. The van der Waals surface area contributed by atoms with Crippen LogP contribution in [-0.4, -0.2) is 37.5 Å². The van der Waals surface area contributed by atoms with Gasteiger partial charge in [-0.3, -0.25) is 4.79 Å². The highest BCUT2D eigenvalue weighted by molar-refractivity contribution is 5.69. The summed E-state index contributed by atoms with van der Waals surface area (Å²) in [5, 5.41) is 9.23. The molecule has 0 amide bonds. The van der Waals surface area contributed by atoms with E-state index < -0.39 is 0 Å². The molecule has 0 radical (unpaired) electrons. The Balaban J connectivity index is 2.32. The van der Waals surface area contributed by atoms with Crippen LogP contribution >= 0.6 is 0 Å². The van der Waals surface area contributed by atoms with Crippen LogP contribution in [0.25, 0.3) is 0 Å². The zero-order valence-corrected chi connectivity index (χ0v) is 12.2. The first-order chi connectivity index (χ1) is 9.52. The third-order valence-corrected chi connectivity index (χ3v) is 2.64. The van der Waals surface area contributed by atoms with Crippen molar-refractivity contribution in [3.05, 3.63) is 29.8 Å². The summed E-state index contributed by atoms with van der Waals surface area (Å²) in [5.41, 5.74) is 0.912. The van der Waals surface area contributed by atoms with Crippen LogP contribution in [0.1, 0.15) is 31.9 Å². The summed E-state index contributed by atoms with van der Waals surface area (Å²) in [4.78, 5) is 11.3. The van der Waals surface area contributed by atoms with E-state index in [0.29, 0.717) is 13.2 Å². The number of rotatable bonds is 8. The van der Waals surface area contributed by atoms with E-state index in [2.05, 4.69) is 0 Å². The van der Waals surface area contributed by atoms with Gasteiger partial charge in [0.1, 0.15) is 11.9 Å². The number of carbonyl (C=O) groups excluding carboxylic acids is 1. The largest absolute Gasteiger partial charge is 0.508 e. The summed E-state index contributed by atoms with van der Waals surface area (Å²) in [5.74, 6) is -0.0560. The molecule has 1 rings (SSSR count). The lowest BCUT2D eigenvalue weighted by atomic mass is 10.1. The molecule has 5 heteroatoms. The molecular weight excluding hydrogens is 260 g/mol. The van der Waals surface area contributed by atoms with Gasteiger partial charge >= 0.3 is 5.97 Å². The van der Waals surface area contributed by atoms with Gasteiger partial charge in [-0.1, -0.05) is 12.1 Å². The van der Waals surface area contributed by atoms with E-state index in [-0.39, 0.29) is 30.3 Å². The lowest BCUT2D eigenvalue weighted by Crippen LogP contribution is -2.15. The second-order valence-electron chi connectivity index (χ2n) is 4.68. The Morgan fingerprint density at radius 3 is 2.45 bits per heavy atom. The molecule has 0 aliphatic heterocycles. The van der Waals surface area contributed by atoms with Crippen LogP contribution in [0.15, 0.2) is 24.3 Å². The predicted molar refractivity (Wildman–Crippen MR) is 74.5 cm³/mol. The van der Waals surface area contributed by atoms with Crippen molar-refractivity contribution < 1.29 is 24.1 Å². The summed E-state index contributed by atoms with van der Waals surface area (Å²) >= 11 is 0. The van der Waals surface area contributed by atoms with Gasteiger partial charge in [-0.15, -0.1) is 0 Å². The highest BCUT2D eigenvalue weighted by Gasteiger charge is 2.11. The summed E-state index contributed by atoms with van der Waals surface area (Å²) in [7, 11) is 1.59. The van der Waals surface area contributed by atoms with Gasteiger partial charge in [0.15, 0.2) is 0 Å². The van der Waals surface area contributed by atoms with E-state index in [1.165, 1.54) is 0 Å². The minimum Gasteiger partial charge on any atom is -0.508 e. The minimum atomic E-state index is -0.265. The van der Waals surface area contributed by atoms with Crippen LogP contribution in [-0.2, 0) is 19.0 Å². The first kappa shape index (κ1) is 16.5. The van der Waals surface area contributed by atoms with E-state index in [0.717, 1.165) is 5.56 Å². The van der Waals surface area contributed by atoms with E-state index in [4.69, 9.17) is 14.2 Å². The van der Waals surface area contributed by atoms with Crippen LogP contribution in [0, 0.1) is 0 Å². The molecule has 1 unspecified atom stereocenters. The number of methoxy groups -OCH3 is 1. The Labute approximate surface area is 119 Å². The fraction of sp³-hybridized carbons (Fsp3) is 0.533. The first-order valence-corrected chi connectivity index (χ1v) is 6.62. The summed E-state index contributed by atoms with van der Waals surface area (Å²) < 4.78 is 15.8. The molecule has 0 heterocycles. The molecule has 0 saturated heterocycles. The molecule has 1 aromatic carbocycles. The first-order valence-electron chi connectivity index (χ1n) is 6.62. The Hall–Kier alpha value is -1.59. The molecule has 1 aromatic rings. The molecule has 5 nitrogen and oxygen atoms in total. The van der Waals surface area contributed by atoms with E-state index >= 15 is 0 Å². The smallest absolute Gasteiger partial charge is 0.308 e. The van der Waals surface area contributed by atoms with Gasteiger partial charge in [-0.2, -0.15) is 0 Å². The Bertz CT molecular complexity index is 399. The van der Waals surface area contributed by atoms with Crippen molar-refractivity contribution in [1.82, 2.24) is 0 Å². The second kappa shape index (κ2) is 8.55. The van der Waals surface area contributed by atoms with Gasteiger partial charge in [-0.25, -0.2) is 0 Å². The third kappa shape index (κ3) is 6.04. The lowest BCUT2D eigenvalue weighted by molar-refractivity contribution is -0.148. The average molecular weight is 282 g/mol. The normalized spacial score (nSPS) is 12.4. The molecule has 0 aromatic heterocycles. The van der Waals surface area contributed by atoms with Gasteiger partial charge in [0.2, 0.25) is 0 Å². The van der Waals surface area contributed by atoms with Crippen LogP contribution in [0.3, 0.4) is 0 Å². The monoisotopic (exact) mass is 282 g/mol. The van der Waals surface area contributed by atoms with E-state index in [1.54, 1.807) is 31.4 Å². The van der Waals surface area contributed by atoms with Crippen molar-refractivity contribution in [1.29, 1.82) is 0 Å². The maximum absolute atomic E-state index is 11.3. The Morgan fingerprint density at radius 2 is 1.90 bits per heavy atom. The predicted octanol–water partition coefficient (Wildman–Crippen LogP) is 2.44. The number of phenols is 1. The van der Waals surface area contributed by atoms with Gasteiger partial charge < -0.3 is 19.3 Å². The van der Waals surface area contributed by atoms with Crippen molar-refractivity contribution in [2.45, 2.75) is 32.5 Å². The van der Waals surface area contributed by atoms with Gasteiger partial charge in [0.25, 0.3) is 0 Å². The van der Waals surface area contributed by atoms with Gasteiger partial charge in [0.05, 0.1) is 25.7 Å². The number of phenolic OH excluding ortho intramolecular Hbond substituents is 1. The maximum Gasteiger partial charge on any atom is 0.308 e. The third-order valence-electron chi connectivity index (χ3n) is 2.64. The van der Waals surface area contributed by atoms with Crippen LogP contribution < -0.4 is 0 Å². The van der Waals surface area contributed by atoms with Crippen molar-refractivity contribution in [2.75, 3.05) is 20.3 Å². The molecule has 0 saturated carbocycles. The number of hydrogen-bond acceptors (Lipinski definition) is 5. The Kier molecular flexibility index (Phi) is 7.04. The molecule has 0 aliphatic rings. The molecule has 0 bridgehead atoms. The van der Waals surface area contributed by atoms with Crippen molar-refractivity contribution >= 4 is 5.97 Å². The summed E-state index contributed by atoms with van der Waals surface area (Å²) in [6, 6.07) is 6.75. The van der Waals surface area contributed by atoms with Crippen LogP contribution in [0.5, 0.6) is 5.75 Å². The summed E-state index contributed by atoms with van der Waals surface area (Å²) in [6.07, 6.45) is -0.104. The number of hydrogen-bond donors (Lipinski definition) is 1. The molecule has 1 N–H and O–H groups in total. The molecule has 112 valence electrons. The SMILES string of the molecule is COC(COCCC(=O)OC(C)C)c1ccc(O)cc1. The topological polar surface area (TPSA) is 65.0 Å². The summed E-state index contributed by atoms with van der Waals surface area (Å²) in [6.45, 7) is 4.26. The number of aromatic hydroxyl groups is 1. The molecule has 20 heavy (non-hydrogen) atoms. The minimum absolute atomic E-state index is 0.105. The molecule has 0 fully saturated rings. The molecular formula is C15H22O5. The zero-order valence-electron chi connectivity index (χ0n) is 12.2. The number of carbonyl (C=O) groups is 1. The standard InChI is InChI=1S/C15H22O5/c1-11(2)20-15(17)8-9-19-10-14(18-3)12-4-6-13(16)7-5-12/h4-7,11,14,16H,8-10H2,1-3H3. The van der Waals surface area contributed by atoms with Gasteiger partial charge in [0, 0.05) is 7.11 Å². The second-order valence-corrected chi connectivity index (χ2v) is 4.68. The fourth-order valence-electron chi connectivity index (χ4n) is 1.66. The van der Waals surface area contributed by atoms with Gasteiger partial charge in [-0.05, 0) is 31.5 Å². The fourth-order valence-corrected chi connectivity index (χ4v) is 1.66. The molecule has 1 atom stereocenters. The van der Waals surface area contributed by atoms with E-state index in [9.17, 15) is 9.90 Å². The van der Waals surface area contributed by atoms with Crippen LogP contribution in [0.4, 0.5) is 0 Å².